The van der Waals surface area contributed by atoms with Crippen molar-refractivity contribution in [2.75, 3.05) is 25.1 Å². The van der Waals surface area contributed by atoms with Crippen molar-refractivity contribution >= 4 is 23.4 Å². The highest BCUT2D eigenvalue weighted by molar-refractivity contribution is 6.17. The van der Waals surface area contributed by atoms with Crippen LogP contribution in [0.3, 0.4) is 0 Å². The van der Waals surface area contributed by atoms with Gasteiger partial charge in [0.2, 0.25) is 0 Å². The van der Waals surface area contributed by atoms with Gasteiger partial charge in [-0.2, -0.15) is 0 Å². The molecule has 0 N–H and O–H groups in total. The third-order valence-electron chi connectivity index (χ3n) is 7.80. The van der Waals surface area contributed by atoms with Crippen LogP contribution in [0.25, 0.3) is 0 Å². The molecule has 7 nitrogen and oxygen atoms in total. The lowest BCUT2D eigenvalue weighted by molar-refractivity contribution is -0.142. The number of Topliss-reactive ketones (excluding diaryl/α,β-unsaturated/α-hetero) is 1. The fourth-order valence-corrected chi connectivity index (χ4v) is 5.81. The number of benzene rings is 2. The zero-order chi connectivity index (χ0) is 26.1. The Labute approximate surface area is 218 Å². The predicted molar refractivity (Wildman–Crippen MR) is 140 cm³/mol. The average Bonchev–Trinajstić information content (AvgIpc) is 3.45. The second-order valence-corrected chi connectivity index (χ2v) is 10.5. The van der Waals surface area contributed by atoms with Gasteiger partial charge < -0.3 is 19.3 Å². The number of ketones is 1. The third kappa shape index (κ3) is 4.87. The van der Waals surface area contributed by atoms with E-state index in [1.807, 2.05) is 36.4 Å². The van der Waals surface area contributed by atoms with Crippen molar-refractivity contribution in [3.63, 3.8) is 0 Å². The van der Waals surface area contributed by atoms with Gasteiger partial charge in [0.05, 0.1) is 24.4 Å². The number of nitrogens with zero attached hydrogens (tertiary/aromatic N) is 2. The van der Waals surface area contributed by atoms with Crippen LogP contribution in [-0.4, -0.2) is 48.9 Å². The normalized spacial score (nSPS) is 20.9. The van der Waals surface area contributed by atoms with Gasteiger partial charge in [-0.1, -0.05) is 44.2 Å². The Kier molecular flexibility index (Phi) is 7.04. The van der Waals surface area contributed by atoms with Crippen molar-refractivity contribution < 1.29 is 23.9 Å². The predicted octanol–water partition coefficient (Wildman–Crippen LogP) is 4.60. The van der Waals surface area contributed by atoms with Gasteiger partial charge in [0.15, 0.2) is 5.78 Å². The second kappa shape index (κ2) is 10.4. The fraction of sp³-hybridized carbons (Fsp3) is 0.433. The molecule has 7 heteroatoms. The van der Waals surface area contributed by atoms with Gasteiger partial charge in [-0.3, -0.25) is 4.79 Å². The summed E-state index contributed by atoms with van der Waals surface area (Å²) in [4.78, 5) is 43.4. The van der Waals surface area contributed by atoms with Gasteiger partial charge in [-0.15, -0.1) is 0 Å². The number of rotatable bonds is 6. The van der Waals surface area contributed by atoms with Crippen LogP contribution in [-0.2, 0) is 32.1 Å². The number of anilines is 1. The van der Waals surface area contributed by atoms with Crippen LogP contribution in [0.5, 0.6) is 0 Å². The quantitative estimate of drug-likeness (QED) is 0.422. The van der Waals surface area contributed by atoms with E-state index < -0.39 is 5.97 Å². The lowest BCUT2D eigenvalue weighted by atomic mass is 9.79. The molecule has 0 aliphatic carbocycles. The minimum atomic E-state index is -0.597. The third-order valence-corrected chi connectivity index (χ3v) is 7.80. The molecule has 0 aromatic heterocycles. The number of hydrogen-bond acceptors (Lipinski definition) is 7. The number of esters is 2. The van der Waals surface area contributed by atoms with Crippen LogP contribution >= 0.6 is 0 Å². The number of fused-ring (bicyclic) bond motifs is 3. The topological polar surface area (TPSA) is 76.2 Å². The number of methoxy groups -OCH3 is 1. The zero-order valence-corrected chi connectivity index (χ0v) is 21.7. The molecule has 194 valence electrons. The summed E-state index contributed by atoms with van der Waals surface area (Å²) in [5.41, 5.74) is 4.53. The Hall–Kier alpha value is -3.61. The molecule has 1 saturated heterocycles. The highest BCUT2D eigenvalue weighted by Crippen LogP contribution is 2.44. The van der Waals surface area contributed by atoms with E-state index in [0.717, 1.165) is 54.7 Å². The second-order valence-electron chi connectivity index (χ2n) is 10.5. The first kappa shape index (κ1) is 25.1. The summed E-state index contributed by atoms with van der Waals surface area (Å²) in [5, 5.41) is 0. The van der Waals surface area contributed by atoms with E-state index >= 15 is 0 Å². The van der Waals surface area contributed by atoms with E-state index in [9.17, 15) is 14.4 Å². The van der Waals surface area contributed by atoms with Crippen LogP contribution in [0, 0.1) is 5.92 Å². The lowest BCUT2D eigenvalue weighted by Crippen LogP contribution is -2.47. The Bertz CT molecular complexity index is 1230. The first-order valence-electron chi connectivity index (χ1n) is 13.1. The molecule has 1 fully saturated rings. The molecule has 2 atom stereocenters. The Morgan fingerprint density at radius 2 is 1.76 bits per heavy atom. The summed E-state index contributed by atoms with van der Waals surface area (Å²) in [7, 11) is 1.40. The van der Waals surface area contributed by atoms with Gasteiger partial charge in [0.1, 0.15) is 12.2 Å². The summed E-state index contributed by atoms with van der Waals surface area (Å²) >= 11 is 0. The molecule has 2 unspecified atom stereocenters. The molecule has 0 bridgehead atoms. The number of ether oxygens (including phenoxy) is 2. The molecular weight excluding hydrogens is 468 g/mol. The molecule has 0 spiro atoms. The molecule has 2 aromatic carbocycles. The molecule has 3 aliphatic heterocycles. The van der Waals surface area contributed by atoms with Crippen molar-refractivity contribution in [1.29, 1.82) is 0 Å². The number of carbonyl (C=O) groups is 3. The molecule has 0 radical (unpaired) electrons. The van der Waals surface area contributed by atoms with E-state index in [2.05, 4.69) is 29.7 Å². The largest absolute Gasteiger partial charge is 0.465 e. The Morgan fingerprint density at radius 1 is 1.03 bits per heavy atom. The summed E-state index contributed by atoms with van der Waals surface area (Å²) in [6, 6.07) is 13.4. The summed E-state index contributed by atoms with van der Waals surface area (Å²) in [6.45, 7) is 6.28. The summed E-state index contributed by atoms with van der Waals surface area (Å²) in [6.07, 6.45) is 4.83. The molecule has 3 heterocycles. The lowest BCUT2D eigenvalue weighted by Gasteiger charge is -2.47. The van der Waals surface area contributed by atoms with Gasteiger partial charge in [0.25, 0.3) is 0 Å². The van der Waals surface area contributed by atoms with Crippen LogP contribution in [0.15, 0.2) is 54.2 Å². The van der Waals surface area contributed by atoms with E-state index in [1.165, 1.54) is 7.11 Å². The minimum Gasteiger partial charge on any atom is -0.465 e. The Morgan fingerprint density at radius 3 is 2.43 bits per heavy atom. The maximum atomic E-state index is 13.2. The number of hydrogen-bond donors (Lipinski definition) is 0. The molecule has 3 aliphatic rings. The van der Waals surface area contributed by atoms with E-state index in [0.29, 0.717) is 5.56 Å². The van der Waals surface area contributed by atoms with E-state index in [1.54, 1.807) is 6.20 Å². The smallest absolute Gasteiger partial charge is 0.343 e. The van der Waals surface area contributed by atoms with Crippen molar-refractivity contribution in [1.82, 2.24) is 4.90 Å². The zero-order valence-electron chi connectivity index (χ0n) is 21.7. The van der Waals surface area contributed by atoms with Crippen LogP contribution in [0.4, 0.5) is 5.69 Å². The van der Waals surface area contributed by atoms with E-state index in [4.69, 9.17) is 9.47 Å². The summed E-state index contributed by atoms with van der Waals surface area (Å²) < 4.78 is 10.6. The van der Waals surface area contributed by atoms with Gasteiger partial charge in [-0.05, 0) is 54.0 Å². The molecular formula is C30H34N2O5. The van der Waals surface area contributed by atoms with Crippen molar-refractivity contribution in [3.05, 3.63) is 76.5 Å². The van der Waals surface area contributed by atoms with Gasteiger partial charge >= 0.3 is 11.9 Å². The van der Waals surface area contributed by atoms with Gasteiger partial charge in [-0.25, -0.2) is 9.59 Å². The monoisotopic (exact) mass is 502 g/mol. The van der Waals surface area contributed by atoms with Gasteiger partial charge in [0, 0.05) is 31.8 Å². The maximum absolute atomic E-state index is 13.2. The maximum Gasteiger partial charge on any atom is 0.343 e. The van der Waals surface area contributed by atoms with Crippen LogP contribution in [0.2, 0.25) is 0 Å². The standard InChI is InChI=1S/C30H34N2O5/c1-19(2)25-13-21-14-26(31-11-7-8-12-31)23(29(34)36-3)15-22(21)27-16-28(33)24(17-32(25)27)30(35)37-18-20-9-5-4-6-10-20/h4-6,9-10,14-15,17,19,25,27H,7-8,11-13,16,18H2,1-3H3. The van der Waals surface area contributed by atoms with Crippen LogP contribution < -0.4 is 4.90 Å². The SMILES string of the molecule is COC(=O)c1cc2c(cc1N1CCCC1)CC(C(C)C)N1C=C(C(=O)OCc3ccccc3)C(=O)CC21. The minimum absolute atomic E-state index is 0.0863. The van der Waals surface area contributed by atoms with Crippen molar-refractivity contribution in [2.45, 2.75) is 58.2 Å². The average molecular weight is 503 g/mol. The van der Waals surface area contributed by atoms with E-state index in [-0.39, 0.29) is 48.4 Å². The summed E-state index contributed by atoms with van der Waals surface area (Å²) in [5.74, 6) is -0.916. The first-order valence-corrected chi connectivity index (χ1v) is 13.1. The molecule has 2 aromatic rings. The highest BCUT2D eigenvalue weighted by atomic mass is 16.5. The Balaban J connectivity index is 1.49. The van der Waals surface area contributed by atoms with Crippen molar-refractivity contribution in [3.8, 4) is 0 Å². The first-order chi connectivity index (χ1) is 17.9. The van der Waals surface area contributed by atoms with Crippen LogP contribution in [0.1, 0.15) is 66.2 Å². The van der Waals surface area contributed by atoms with Crippen molar-refractivity contribution in [2.24, 2.45) is 5.92 Å². The molecule has 5 rings (SSSR count). The molecule has 0 amide bonds. The highest BCUT2D eigenvalue weighted by Gasteiger charge is 2.41. The molecule has 37 heavy (non-hydrogen) atoms. The molecule has 0 saturated carbocycles. The fourth-order valence-electron chi connectivity index (χ4n) is 5.81. The number of carbonyl (C=O) groups excluding carboxylic acids is 3.